The van der Waals surface area contributed by atoms with Crippen LogP contribution in [-0.4, -0.2) is 54.0 Å². The van der Waals surface area contributed by atoms with E-state index in [0.29, 0.717) is 54.3 Å². The summed E-state index contributed by atoms with van der Waals surface area (Å²) in [6.07, 6.45) is 3.82. The summed E-state index contributed by atoms with van der Waals surface area (Å²) in [5.74, 6) is 0.633. The van der Waals surface area contributed by atoms with E-state index in [-0.39, 0.29) is 24.8 Å². The summed E-state index contributed by atoms with van der Waals surface area (Å²) >= 11 is 0. The van der Waals surface area contributed by atoms with Gasteiger partial charge in [-0.25, -0.2) is 4.79 Å². The van der Waals surface area contributed by atoms with E-state index in [9.17, 15) is 9.59 Å². The predicted octanol–water partition coefficient (Wildman–Crippen LogP) is 4.77. The zero-order chi connectivity index (χ0) is 27.1. The molecule has 1 amide bonds. The van der Waals surface area contributed by atoms with Gasteiger partial charge in [-0.05, 0) is 49.1 Å². The van der Waals surface area contributed by atoms with Gasteiger partial charge in [-0.3, -0.25) is 4.79 Å². The highest BCUT2D eigenvalue weighted by atomic mass is 16.7. The molecule has 0 radical (unpaired) electrons. The molecule has 6 rings (SSSR count). The van der Waals surface area contributed by atoms with Gasteiger partial charge in [0.15, 0.2) is 11.5 Å². The van der Waals surface area contributed by atoms with Crippen LogP contribution in [0.4, 0.5) is 0 Å². The minimum Gasteiger partial charge on any atom is -0.465 e. The third kappa shape index (κ3) is 4.48. The van der Waals surface area contributed by atoms with Crippen LogP contribution in [0.2, 0.25) is 0 Å². The zero-order valence-corrected chi connectivity index (χ0v) is 22.3. The number of nitrogens with zero attached hydrogens (tertiary/aromatic N) is 2. The largest absolute Gasteiger partial charge is 0.465 e. The van der Waals surface area contributed by atoms with Crippen LogP contribution >= 0.6 is 0 Å². The second-order valence-corrected chi connectivity index (χ2v) is 10.3. The smallest absolute Gasteiger partial charge is 0.339 e. The fourth-order valence-corrected chi connectivity index (χ4v) is 5.95. The Kier molecular flexibility index (Phi) is 6.64. The van der Waals surface area contributed by atoms with Crippen LogP contribution in [0.15, 0.2) is 55.1 Å². The summed E-state index contributed by atoms with van der Waals surface area (Å²) in [6, 6.07) is 13.8. The van der Waals surface area contributed by atoms with Crippen LogP contribution in [0, 0.1) is 0 Å². The molecule has 8 heteroatoms. The Labute approximate surface area is 227 Å². The van der Waals surface area contributed by atoms with Crippen LogP contribution in [0.5, 0.6) is 11.5 Å². The minimum atomic E-state index is -0.413. The van der Waals surface area contributed by atoms with Gasteiger partial charge in [-0.1, -0.05) is 30.3 Å². The Morgan fingerprint density at radius 3 is 2.62 bits per heavy atom. The molecule has 1 aromatic heterocycles. The first-order valence-electron chi connectivity index (χ1n) is 13.3. The number of carbonyl (C=O) groups excluding carboxylic acids is 2. The molecule has 0 saturated heterocycles. The predicted molar refractivity (Wildman–Crippen MR) is 145 cm³/mol. The quantitative estimate of drug-likeness (QED) is 0.339. The van der Waals surface area contributed by atoms with Crippen molar-refractivity contribution in [1.82, 2.24) is 9.47 Å². The lowest BCUT2D eigenvalue weighted by Crippen LogP contribution is -2.42. The molecule has 39 heavy (non-hydrogen) atoms. The summed E-state index contributed by atoms with van der Waals surface area (Å²) in [6.45, 7) is 7.54. The maximum Gasteiger partial charge on any atom is 0.339 e. The number of ether oxygens (including phenoxy) is 4. The summed E-state index contributed by atoms with van der Waals surface area (Å²) < 4.78 is 24.6. The normalized spacial score (nSPS) is 19.3. The molecular weight excluding hydrogens is 496 g/mol. The number of benzene rings is 2. The van der Waals surface area contributed by atoms with Gasteiger partial charge in [0.05, 0.1) is 36.6 Å². The highest BCUT2D eigenvalue weighted by Gasteiger charge is 2.34. The van der Waals surface area contributed by atoms with Crippen molar-refractivity contribution >= 4 is 11.9 Å². The van der Waals surface area contributed by atoms with Gasteiger partial charge in [0.2, 0.25) is 6.79 Å². The van der Waals surface area contributed by atoms with Crippen molar-refractivity contribution in [3.05, 3.63) is 83.1 Å². The van der Waals surface area contributed by atoms with Gasteiger partial charge < -0.3 is 28.4 Å². The van der Waals surface area contributed by atoms with Crippen LogP contribution in [0.3, 0.4) is 0 Å². The Morgan fingerprint density at radius 1 is 1.08 bits per heavy atom. The number of methoxy groups -OCH3 is 1. The van der Waals surface area contributed by atoms with Crippen LogP contribution in [-0.2, 0) is 35.4 Å². The molecule has 3 aliphatic rings. The Bertz CT molecular complexity index is 1460. The van der Waals surface area contributed by atoms with Crippen molar-refractivity contribution in [2.75, 3.05) is 20.5 Å². The first kappa shape index (κ1) is 25.2. The molecule has 0 bridgehead atoms. The molecule has 0 N–H and O–H groups in total. The van der Waals surface area contributed by atoms with E-state index in [2.05, 4.69) is 30.2 Å². The van der Waals surface area contributed by atoms with E-state index >= 15 is 0 Å². The van der Waals surface area contributed by atoms with Crippen molar-refractivity contribution in [2.24, 2.45) is 0 Å². The SMILES string of the molecule is C=CCOC1CCn2c(-c3cc4c(cc3C(=O)N3Cc5ccccc5C[C@H]3C)OCO4)cc(C(=O)OC)c2C1. The Hall–Kier alpha value is -4.04. The number of esters is 1. The van der Waals surface area contributed by atoms with Crippen molar-refractivity contribution < 1.29 is 28.5 Å². The Morgan fingerprint density at radius 2 is 1.85 bits per heavy atom. The van der Waals surface area contributed by atoms with Crippen LogP contribution < -0.4 is 9.47 Å². The fraction of sp³-hybridized carbons (Fsp3) is 0.355. The summed E-state index contributed by atoms with van der Waals surface area (Å²) in [5.41, 5.74) is 5.76. The van der Waals surface area contributed by atoms with Crippen molar-refractivity contribution in [2.45, 2.75) is 51.4 Å². The molecular formula is C31H32N2O6. The van der Waals surface area contributed by atoms with Gasteiger partial charge in [-0.2, -0.15) is 0 Å². The van der Waals surface area contributed by atoms with E-state index < -0.39 is 5.97 Å². The molecule has 202 valence electrons. The van der Waals surface area contributed by atoms with E-state index in [1.54, 1.807) is 12.1 Å². The topological polar surface area (TPSA) is 79.2 Å². The number of carbonyl (C=O) groups is 2. The molecule has 1 unspecified atom stereocenters. The van der Waals surface area contributed by atoms with E-state index in [4.69, 9.17) is 18.9 Å². The zero-order valence-electron chi connectivity index (χ0n) is 22.3. The van der Waals surface area contributed by atoms with Gasteiger partial charge in [-0.15, -0.1) is 6.58 Å². The van der Waals surface area contributed by atoms with E-state index in [1.165, 1.54) is 12.7 Å². The maximum absolute atomic E-state index is 14.2. The maximum atomic E-state index is 14.2. The van der Waals surface area contributed by atoms with E-state index in [0.717, 1.165) is 29.8 Å². The van der Waals surface area contributed by atoms with Crippen LogP contribution in [0.25, 0.3) is 11.3 Å². The molecule has 0 fully saturated rings. The number of rotatable bonds is 6. The van der Waals surface area contributed by atoms with Gasteiger partial charge in [0.1, 0.15) is 0 Å². The second kappa shape index (κ2) is 10.3. The molecule has 2 aromatic carbocycles. The molecule has 3 aliphatic heterocycles. The molecule has 0 saturated carbocycles. The standard InChI is InChI=1S/C31H32N2O6/c1-4-11-37-22-9-10-32-26(13-22)25(31(35)36-3)14-27(32)23-15-28-29(39-18-38-28)16-24(23)30(34)33-17-21-8-6-5-7-20(21)12-19(33)2/h4-8,14-16,19,22H,1,9-13,17-18H2,2-3H3/t19-,22?/m1/s1. The van der Waals surface area contributed by atoms with E-state index in [1.807, 2.05) is 29.2 Å². The number of fused-ring (bicyclic) bond motifs is 3. The molecule has 8 nitrogen and oxygen atoms in total. The molecule has 3 aromatic rings. The highest BCUT2D eigenvalue weighted by molar-refractivity contribution is 6.03. The van der Waals surface area contributed by atoms with Crippen LogP contribution in [0.1, 0.15) is 50.9 Å². The molecule has 4 heterocycles. The summed E-state index contributed by atoms with van der Waals surface area (Å²) in [4.78, 5) is 29.0. The molecule has 0 aliphatic carbocycles. The van der Waals surface area contributed by atoms with Crippen molar-refractivity contribution in [3.63, 3.8) is 0 Å². The number of hydrogen-bond acceptors (Lipinski definition) is 6. The lowest BCUT2D eigenvalue weighted by molar-refractivity contribution is 0.0529. The minimum absolute atomic E-state index is 0.0281. The lowest BCUT2D eigenvalue weighted by atomic mass is 9.93. The Balaban J connectivity index is 1.45. The molecule has 0 spiro atoms. The summed E-state index contributed by atoms with van der Waals surface area (Å²) in [5, 5.41) is 0. The number of hydrogen-bond donors (Lipinski definition) is 0. The second-order valence-electron chi connectivity index (χ2n) is 10.3. The van der Waals surface area contributed by atoms with Gasteiger partial charge in [0, 0.05) is 36.8 Å². The fourth-order valence-electron chi connectivity index (χ4n) is 5.95. The first-order chi connectivity index (χ1) is 19.0. The monoisotopic (exact) mass is 528 g/mol. The highest BCUT2D eigenvalue weighted by Crippen LogP contribution is 2.42. The van der Waals surface area contributed by atoms with Gasteiger partial charge in [0.25, 0.3) is 5.91 Å². The number of amides is 1. The molecule has 2 atom stereocenters. The number of aromatic nitrogens is 1. The summed E-state index contributed by atoms with van der Waals surface area (Å²) in [7, 11) is 1.38. The third-order valence-electron chi connectivity index (χ3n) is 7.95. The average molecular weight is 529 g/mol. The first-order valence-corrected chi connectivity index (χ1v) is 13.3. The van der Waals surface area contributed by atoms with Crippen molar-refractivity contribution in [3.8, 4) is 22.8 Å². The van der Waals surface area contributed by atoms with Crippen molar-refractivity contribution in [1.29, 1.82) is 0 Å². The lowest BCUT2D eigenvalue weighted by Gasteiger charge is -2.35. The third-order valence-corrected chi connectivity index (χ3v) is 7.95. The average Bonchev–Trinajstić information content (AvgIpc) is 3.58. The van der Waals surface area contributed by atoms with Gasteiger partial charge >= 0.3 is 5.97 Å².